The highest BCUT2D eigenvalue weighted by Gasteiger charge is 2.17. The van der Waals surface area contributed by atoms with Gasteiger partial charge in [0.2, 0.25) is 5.91 Å². The van der Waals surface area contributed by atoms with Crippen molar-refractivity contribution in [3.8, 4) is 0 Å². The first-order chi connectivity index (χ1) is 7.25. The van der Waals surface area contributed by atoms with Gasteiger partial charge < -0.3 is 4.90 Å². The molecule has 0 bridgehead atoms. The monoisotopic (exact) mass is 271 g/mol. The number of nitrogens with zero attached hydrogens (tertiary/aromatic N) is 3. The van der Waals surface area contributed by atoms with Crippen LogP contribution in [0.1, 0.15) is 19.3 Å². The molecular weight excluding hydrogens is 258 g/mol. The van der Waals surface area contributed by atoms with E-state index in [1.165, 1.54) is 0 Å². The van der Waals surface area contributed by atoms with Gasteiger partial charge in [-0.3, -0.25) is 9.48 Å². The molecule has 1 fully saturated rings. The van der Waals surface area contributed by atoms with Crippen molar-refractivity contribution in [3.05, 3.63) is 16.9 Å². The maximum absolute atomic E-state index is 11.5. The first kappa shape index (κ1) is 10.7. The van der Waals surface area contributed by atoms with E-state index in [4.69, 9.17) is 0 Å². The Hall–Kier alpha value is -0.840. The summed E-state index contributed by atoms with van der Waals surface area (Å²) in [5.74, 6) is 0.285. The molecule has 15 heavy (non-hydrogen) atoms. The topological polar surface area (TPSA) is 38.1 Å². The number of rotatable bonds is 3. The zero-order valence-electron chi connectivity index (χ0n) is 8.53. The first-order valence-corrected chi connectivity index (χ1v) is 6.01. The fourth-order valence-electron chi connectivity index (χ4n) is 1.78. The van der Waals surface area contributed by atoms with Crippen LogP contribution in [0.25, 0.3) is 0 Å². The Morgan fingerprint density at radius 2 is 2.27 bits per heavy atom. The Morgan fingerprint density at radius 1 is 1.40 bits per heavy atom. The van der Waals surface area contributed by atoms with Crippen LogP contribution in [0.15, 0.2) is 16.9 Å². The van der Waals surface area contributed by atoms with Crippen molar-refractivity contribution in [2.45, 2.75) is 25.8 Å². The Morgan fingerprint density at radius 3 is 2.93 bits per heavy atom. The molecule has 2 heterocycles. The van der Waals surface area contributed by atoms with Crippen LogP contribution < -0.4 is 0 Å². The highest BCUT2D eigenvalue weighted by atomic mass is 79.9. The number of likely N-dealkylation sites (tertiary alicyclic amines) is 1. The molecule has 0 spiro atoms. The number of hydrogen-bond donors (Lipinski definition) is 0. The lowest BCUT2D eigenvalue weighted by Gasteiger charge is -2.26. The second-order valence-corrected chi connectivity index (χ2v) is 4.68. The molecule has 1 saturated heterocycles. The molecule has 0 unspecified atom stereocenters. The van der Waals surface area contributed by atoms with Gasteiger partial charge in [0.05, 0.1) is 17.2 Å². The number of halogens is 1. The van der Waals surface area contributed by atoms with Gasteiger partial charge in [-0.2, -0.15) is 5.10 Å². The molecule has 0 aromatic carbocycles. The third-order valence-electron chi connectivity index (χ3n) is 2.62. The van der Waals surface area contributed by atoms with Crippen molar-refractivity contribution in [1.82, 2.24) is 14.7 Å². The van der Waals surface area contributed by atoms with E-state index in [9.17, 15) is 4.79 Å². The van der Waals surface area contributed by atoms with Crippen LogP contribution in [0, 0.1) is 0 Å². The van der Waals surface area contributed by atoms with Crippen molar-refractivity contribution < 1.29 is 4.79 Å². The van der Waals surface area contributed by atoms with Crippen LogP contribution in [-0.4, -0.2) is 33.7 Å². The van der Waals surface area contributed by atoms with Crippen molar-refractivity contribution >= 4 is 21.8 Å². The zero-order valence-corrected chi connectivity index (χ0v) is 10.1. The number of piperidine rings is 1. The summed E-state index contributed by atoms with van der Waals surface area (Å²) in [4.78, 5) is 13.4. The molecule has 1 aliphatic rings. The van der Waals surface area contributed by atoms with Crippen LogP contribution in [0.3, 0.4) is 0 Å². The molecule has 0 N–H and O–H groups in total. The molecule has 2 rings (SSSR count). The lowest BCUT2D eigenvalue weighted by Crippen LogP contribution is -2.37. The summed E-state index contributed by atoms with van der Waals surface area (Å²) in [6.07, 6.45) is 6.58. The van der Waals surface area contributed by atoms with E-state index in [0.29, 0.717) is 6.42 Å². The average Bonchev–Trinajstić information content (AvgIpc) is 2.63. The summed E-state index contributed by atoms with van der Waals surface area (Å²) in [6, 6.07) is 0. The molecule has 0 saturated carbocycles. The molecule has 0 atom stereocenters. The summed E-state index contributed by atoms with van der Waals surface area (Å²) in [5.41, 5.74) is 0. The standard InChI is InChI=1S/C10H14BrN3O/c11-9-7-12-14(8-9)6-5-13-4-2-1-3-10(13)15/h7-8H,1-6H2. The quantitative estimate of drug-likeness (QED) is 0.839. The van der Waals surface area contributed by atoms with E-state index < -0.39 is 0 Å². The molecule has 1 aliphatic heterocycles. The minimum Gasteiger partial charge on any atom is -0.341 e. The predicted octanol–water partition coefficient (Wildman–Crippen LogP) is 1.66. The highest BCUT2D eigenvalue weighted by Crippen LogP contribution is 2.11. The van der Waals surface area contributed by atoms with E-state index in [-0.39, 0.29) is 5.91 Å². The van der Waals surface area contributed by atoms with E-state index in [1.807, 2.05) is 15.8 Å². The van der Waals surface area contributed by atoms with Gasteiger partial charge in [-0.25, -0.2) is 0 Å². The van der Waals surface area contributed by atoms with Gasteiger partial charge in [-0.15, -0.1) is 0 Å². The van der Waals surface area contributed by atoms with Crippen LogP contribution in [0.2, 0.25) is 0 Å². The van der Waals surface area contributed by atoms with Crippen LogP contribution >= 0.6 is 15.9 Å². The SMILES string of the molecule is O=C1CCCCN1CCn1cc(Br)cn1. The molecule has 1 aromatic heterocycles. The third kappa shape index (κ3) is 2.81. The molecule has 82 valence electrons. The second-order valence-electron chi connectivity index (χ2n) is 3.76. The van der Waals surface area contributed by atoms with Gasteiger partial charge in [0.1, 0.15) is 0 Å². The molecule has 5 heteroatoms. The Bertz CT molecular complexity index is 350. The molecule has 1 aromatic rings. The normalized spacial score (nSPS) is 17.1. The van der Waals surface area contributed by atoms with E-state index >= 15 is 0 Å². The summed E-state index contributed by atoms with van der Waals surface area (Å²) < 4.78 is 2.83. The predicted molar refractivity (Wildman–Crippen MR) is 60.4 cm³/mol. The molecule has 0 aliphatic carbocycles. The van der Waals surface area contributed by atoms with Gasteiger partial charge in [-0.05, 0) is 28.8 Å². The fourth-order valence-corrected chi connectivity index (χ4v) is 2.11. The van der Waals surface area contributed by atoms with Gasteiger partial charge in [0.25, 0.3) is 0 Å². The average molecular weight is 272 g/mol. The highest BCUT2D eigenvalue weighted by molar-refractivity contribution is 9.10. The van der Waals surface area contributed by atoms with Crippen molar-refractivity contribution in [2.24, 2.45) is 0 Å². The lowest BCUT2D eigenvalue weighted by molar-refractivity contribution is -0.133. The molecule has 4 nitrogen and oxygen atoms in total. The number of amides is 1. The summed E-state index contributed by atoms with van der Waals surface area (Å²) in [7, 11) is 0. The van der Waals surface area contributed by atoms with Crippen molar-refractivity contribution in [1.29, 1.82) is 0 Å². The number of carbonyl (C=O) groups is 1. The van der Waals surface area contributed by atoms with Crippen LogP contribution in [-0.2, 0) is 11.3 Å². The third-order valence-corrected chi connectivity index (χ3v) is 3.03. The number of hydrogen-bond acceptors (Lipinski definition) is 2. The smallest absolute Gasteiger partial charge is 0.222 e. The van der Waals surface area contributed by atoms with Gasteiger partial charge in [0.15, 0.2) is 0 Å². The maximum atomic E-state index is 11.5. The fraction of sp³-hybridized carbons (Fsp3) is 0.600. The van der Waals surface area contributed by atoms with Gasteiger partial charge in [0, 0.05) is 25.7 Å². The largest absolute Gasteiger partial charge is 0.341 e. The summed E-state index contributed by atoms with van der Waals surface area (Å²) in [5, 5.41) is 4.16. The van der Waals surface area contributed by atoms with Crippen molar-refractivity contribution in [3.63, 3.8) is 0 Å². The molecule has 1 amide bonds. The minimum atomic E-state index is 0.285. The Balaban J connectivity index is 1.84. The van der Waals surface area contributed by atoms with Crippen LogP contribution in [0.5, 0.6) is 0 Å². The van der Waals surface area contributed by atoms with E-state index in [2.05, 4.69) is 21.0 Å². The maximum Gasteiger partial charge on any atom is 0.222 e. The Kier molecular flexibility index (Phi) is 3.41. The van der Waals surface area contributed by atoms with E-state index in [0.717, 1.165) is 36.9 Å². The number of aromatic nitrogens is 2. The van der Waals surface area contributed by atoms with E-state index in [1.54, 1.807) is 6.20 Å². The summed E-state index contributed by atoms with van der Waals surface area (Å²) in [6.45, 7) is 2.45. The molecular formula is C10H14BrN3O. The first-order valence-electron chi connectivity index (χ1n) is 5.21. The zero-order chi connectivity index (χ0) is 10.7. The van der Waals surface area contributed by atoms with Crippen LogP contribution in [0.4, 0.5) is 0 Å². The Labute approximate surface area is 97.4 Å². The van der Waals surface area contributed by atoms with Crippen molar-refractivity contribution in [2.75, 3.05) is 13.1 Å². The van der Waals surface area contributed by atoms with Gasteiger partial charge in [-0.1, -0.05) is 0 Å². The van der Waals surface area contributed by atoms with Gasteiger partial charge >= 0.3 is 0 Å². The summed E-state index contributed by atoms with van der Waals surface area (Å²) >= 11 is 3.35. The minimum absolute atomic E-state index is 0.285. The molecule has 0 radical (unpaired) electrons. The lowest BCUT2D eigenvalue weighted by atomic mass is 10.1. The number of carbonyl (C=O) groups excluding carboxylic acids is 1. The second kappa shape index (κ2) is 4.79.